The van der Waals surface area contributed by atoms with Crippen LogP contribution in [0.25, 0.3) is 0 Å². The van der Waals surface area contributed by atoms with Gasteiger partial charge in [-0.05, 0) is 62.2 Å². The second kappa shape index (κ2) is 10.4. The monoisotopic (exact) mass is 490 g/mol. The molecule has 33 heavy (non-hydrogen) atoms. The molecule has 1 atom stereocenters. The van der Waals surface area contributed by atoms with Crippen molar-refractivity contribution in [3.63, 3.8) is 0 Å². The third kappa shape index (κ3) is 5.69. The van der Waals surface area contributed by atoms with Crippen LogP contribution in [0.4, 0.5) is 11.4 Å². The van der Waals surface area contributed by atoms with Gasteiger partial charge in [0.05, 0.1) is 10.9 Å². The molecule has 2 aromatic carbocycles. The Morgan fingerprint density at radius 2 is 1.61 bits per heavy atom. The molecule has 0 unspecified atom stereocenters. The van der Waals surface area contributed by atoms with Crippen LogP contribution in [0.1, 0.15) is 26.2 Å². The molecule has 4 rings (SSSR count). The van der Waals surface area contributed by atoms with Crippen LogP contribution in [0.15, 0.2) is 53.4 Å². The molecular formula is C24H31ClN4O3S. The molecule has 0 aromatic heterocycles. The number of piperazine rings is 1. The van der Waals surface area contributed by atoms with E-state index >= 15 is 0 Å². The number of nitrogens with one attached hydrogen (secondary N) is 1. The highest BCUT2D eigenvalue weighted by Gasteiger charge is 2.27. The number of hydrogen-bond acceptors (Lipinski definition) is 5. The summed E-state index contributed by atoms with van der Waals surface area (Å²) in [6, 6.07) is 14.0. The maximum Gasteiger partial charge on any atom is 0.243 e. The van der Waals surface area contributed by atoms with E-state index in [1.807, 2.05) is 31.2 Å². The van der Waals surface area contributed by atoms with Gasteiger partial charge in [0.1, 0.15) is 0 Å². The molecule has 0 bridgehead atoms. The lowest BCUT2D eigenvalue weighted by Gasteiger charge is -2.38. The molecule has 178 valence electrons. The second-order valence-electron chi connectivity index (χ2n) is 8.66. The van der Waals surface area contributed by atoms with Crippen LogP contribution in [0.2, 0.25) is 5.02 Å². The zero-order valence-corrected chi connectivity index (χ0v) is 20.5. The van der Waals surface area contributed by atoms with Crippen LogP contribution >= 0.6 is 11.6 Å². The molecule has 1 N–H and O–H groups in total. The zero-order chi connectivity index (χ0) is 23.4. The predicted octanol–water partition coefficient (Wildman–Crippen LogP) is 3.66. The molecule has 2 heterocycles. The average Bonchev–Trinajstić information content (AvgIpc) is 2.84. The van der Waals surface area contributed by atoms with Crippen molar-refractivity contribution in [3.05, 3.63) is 53.6 Å². The summed E-state index contributed by atoms with van der Waals surface area (Å²) in [4.78, 5) is 17.5. The fourth-order valence-electron chi connectivity index (χ4n) is 4.42. The summed E-state index contributed by atoms with van der Waals surface area (Å²) in [5.74, 6) is -0.0992. The number of carbonyl (C=O) groups excluding carboxylic acids is 1. The lowest BCUT2D eigenvalue weighted by atomic mass is 10.2. The summed E-state index contributed by atoms with van der Waals surface area (Å²) in [6.07, 6.45) is 2.88. The summed E-state index contributed by atoms with van der Waals surface area (Å²) in [6.45, 7) is 6.23. The lowest BCUT2D eigenvalue weighted by Crippen LogP contribution is -2.52. The maximum atomic E-state index is 12.8. The number of benzene rings is 2. The van der Waals surface area contributed by atoms with E-state index in [-0.39, 0.29) is 16.8 Å². The summed E-state index contributed by atoms with van der Waals surface area (Å²) >= 11 is 6.11. The molecule has 7 nitrogen and oxygen atoms in total. The molecule has 1 amide bonds. The summed E-state index contributed by atoms with van der Waals surface area (Å²) in [5, 5.41) is 3.65. The smallest absolute Gasteiger partial charge is 0.243 e. The minimum Gasteiger partial charge on any atom is -0.369 e. The van der Waals surface area contributed by atoms with Crippen molar-refractivity contribution in [1.29, 1.82) is 0 Å². The van der Waals surface area contributed by atoms with Gasteiger partial charge in [0.25, 0.3) is 0 Å². The van der Waals surface area contributed by atoms with Gasteiger partial charge in [0.2, 0.25) is 15.9 Å². The molecule has 2 aromatic rings. The SMILES string of the molecule is C[C@H](C(=O)Nc1ccc(S(=O)(=O)N2CCCCC2)cc1)N1CCN(c2cccc(Cl)c2)CC1. The van der Waals surface area contributed by atoms with Crippen LogP contribution in [-0.2, 0) is 14.8 Å². The van der Waals surface area contributed by atoms with Crippen LogP contribution in [0.3, 0.4) is 0 Å². The number of sulfonamides is 1. The van der Waals surface area contributed by atoms with Gasteiger partial charge in [0.15, 0.2) is 0 Å². The van der Waals surface area contributed by atoms with Gasteiger partial charge in [-0.3, -0.25) is 9.69 Å². The summed E-state index contributed by atoms with van der Waals surface area (Å²) in [7, 11) is -3.47. The summed E-state index contributed by atoms with van der Waals surface area (Å²) in [5.41, 5.74) is 1.70. The predicted molar refractivity (Wildman–Crippen MR) is 132 cm³/mol. The zero-order valence-electron chi connectivity index (χ0n) is 18.9. The molecule has 2 aliphatic rings. The maximum absolute atomic E-state index is 12.8. The molecule has 2 fully saturated rings. The number of amides is 1. The molecule has 9 heteroatoms. The van der Waals surface area contributed by atoms with Gasteiger partial charge in [-0.1, -0.05) is 24.1 Å². The third-order valence-corrected chi connectivity index (χ3v) is 8.64. The Balaban J connectivity index is 1.32. The van der Waals surface area contributed by atoms with E-state index in [0.717, 1.165) is 56.2 Å². The van der Waals surface area contributed by atoms with E-state index in [0.29, 0.717) is 18.8 Å². The molecular weight excluding hydrogens is 460 g/mol. The normalized spacial score (nSPS) is 19.3. The number of nitrogens with zero attached hydrogens (tertiary/aromatic N) is 3. The fourth-order valence-corrected chi connectivity index (χ4v) is 6.12. The Morgan fingerprint density at radius 3 is 2.24 bits per heavy atom. The molecule has 2 saturated heterocycles. The molecule has 0 saturated carbocycles. The summed E-state index contributed by atoms with van der Waals surface area (Å²) < 4.78 is 27.2. The minimum absolute atomic E-state index is 0.0992. The Bertz CT molecular complexity index is 1060. The minimum atomic E-state index is -3.47. The highest BCUT2D eigenvalue weighted by Crippen LogP contribution is 2.23. The number of rotatable bonds is 6. The van der Waals surface area contributed by atoms with Crippen molar-refractivity contribution >= 4 is 38.9 Å². The quantitative estimate of drug-likeness (QED) is 0.669. The number of halogens is 1. The first-order valence-corrected chi connectivity index (χ1v) is 13.3. The highest BCUT2D eigenvalue weighted by molar-refractivity contribution is 7.89. The highest BCUT2D eigenvalue weighted by atomic mass is 35.5. The second-order valence-corrected chi connectivity index (χ2v) is 11.0. The Hall–Kier alpha value is -2.13. The molecule has 2 aliphatic heterocycles. The lowest BCUT2D eigenvalue weighted by molar-refractivity contribution is -0.120. The topological polar surface area (TPSA) is 73.0 Å². The fraction of sp³-hybridized carbons (Fsp3) is 0.458. The Labute approximate surface area is 201 Å². The van der Waals surface area contributed by atoms with Crippen molar-refractivity contribution in [3.8, 4) is 0 Å². The average molecular weight is 491 g/mol. The van der Waals surface area contributed by atoms with Gasteiger partial charge in [-0.2, -0.15) is 4.31 Å². The molecule has 0 aliphatic carbocycles. The van der Waals surface area contributed by atoms with E-state index < -0.39 is 10.0 Å². The van der Waals surface area contributed by atoms with E-state index in [9.17, 15) is 13.2 Å². The van der Waals surface area contributed by atoms with Crippen molar-refractivity contribution in [2.45, 2.75) is 37.1 Å². The van der Waals surface area contributed by atoms with E-state index in [2.05, 4.69) is 15.1 Å². The first-order valence-electron chi connectivity index (χ1n) is 11.5. The van der Waals surface area contributed by atoms with Crippen molar-refractivity contribution < 1.29 is 13.2 Å². The van der Waals surface area contributed by atoms with Crippen LogP contribution < -0.4 is 10.2 Å². The first-order chi connectivity index (χ1) is 15.8. The van der Waals surface area contributed by atoms with Crippen molar-refractivity contribution in [1.82, 2.24) is 9.21 Å². The molecule has 0 spiro atoms. The van der Waals surface area contributed by atoms with Gasteiger partial charge in [-0.15, -0.1) is 0 Å². The number of carbonyl (C=O) groups is 1. The van der Waals surface area contributed by atoms with Crippen LogP contribution in [0, 0.1) is 0 Å². The van der Waals surface area contributed by atoms with Gasteiger partial charge >= 0.3 is 0 Å². The van der Waals surface area contributed by atoms with E-state index in [1.54, 1.807) is 28.6 Å². The first kappa shape index (κ1) is 24.0. The van der Waals surface area contributed by atoms with Gasteiger partial charge in [-0.25, -0.2) is 8.42 Å². The van der Waals surface area contributed by atoms with Crippen molar-refractivity contribution in [2.24, 2.45) is 0 Å². The van der Waals surface area contributed by atoms with Gasteiger partial charge < -0.3 is 10.2 Å². The van der Waals surface area contributed by atoms with Crippen LogP contribution in [-0.4, -0.2) is 68.8 Å². The Kier molecular flexibility index (Phi) is 7.58. The Morgan fingerprint density at radius 1 is 0.939 bits per heavy atom. The number of piperidine rings is 1. The largest absolute Gasteiger partial charge is 0.369 e. The van der Waals surface area contributed by atoms with Gasteiger partial charge in [0, 0.05) is 55.7 Å². The van der Waals surface area contributed by atoms with E-state index in [1.165, 1.54) is 0 Å². The molecule has 0 radical (unpaired) electrons. The third-order valence-electron chi connectivity index (χ3n) is 6.49. The number of anilines is 2. The van der Waals surface area contributed by atoms with Crippen molar-refractivity contribution in [2.75, 3.05) is 49.5 Å². The number of hydrogen-bond donors (Lipinski definition) is 1. The standard InChI is InChI=1S/C24H31ClN4O3S/c1-19(27-14-16-28(17-15-27)22-7-5-6-20(25)18-22)24(30)26-21-8-10-23(11-9-21)33(31,32)29-12-3-2-4-13-29/h5-11,18-19H,2-4,12-17H2,1H3,(H,26,30)/t19-/m1/s1. The van der Waals surface area contributed by atoms with Crippen LogP contribution in [0.5, 0.6) is 0 Å². The van der Waals surface area contributed by atoms with E-state index in [4.69, 9.17) is 11.6 Å².